The average molecular weight is 284 g/mol. The zero-order chi connectivity index (χ0) is 12.3. The van der Waals surface area contributed by atoms with E-state index in [4.69, 9.17) is 22.3 Å². The van der Waals surface area contributed by atoms with Gasteiger partial charge in [-0.15, -0.1) is 0 Å². The first-order valence-corrected chi connectivity index (χ1v) is 7.00. The van der Waals surface area contributed by atoms with E-state index < -0.39 is 14.0 Å². The third kappa shape index (κ3) is 3.96. The fraction of sp³-hybridized carbons (Fsp3) is 0.250. The van der Waals surface area contributed by atoms with Crippen LogP contribution >= 0.6 is 22.3 Å². The fourth-order valence-electron chi connectivity index (χ4n) is 1.15. The summed E-state index contributed by atoms with van der Waals surface area (Å²) in [6.07, 6.45) is -0.0146. The van der Waals surface area contributed by atoms with Gasteiger partial charge < -0.3 is 0 Å². The lowest BCUT2D eigenvalue weighted by Crippen LogP contribution is -2.03. The maximum absolute atomic E-state index is 10.7. The number of nitrogens with zero attached hydrogens (tertiary/aromatic N) is 1. The van der Waals surface area contributed by atoms with Crippen molar-refractivity contribution < 1.29 is 13.3 Å². The number of aryl methyl sites for hydroxylation is 1. The lowest BCUT2D eigenvalue weighted by atomic mass is 10.1. The van der Waals surface area contributed by atoms with Crippen LogP contribution in [0.2, 0.25) is 5.02 Å². The van der Waals surface area contributed by atoms with Gasteiger partial charge in [-0.1, -0.05) is 17.7 Å². The second kappa shape index (κ2) is 4.99. The Morgan fingerprint density at radius 2 is 2.00 bits per heavy atom. The molecule has 16 heavy (non-hydrogen) atoms. The van der Waals surface area contributed by atoms with Gasteiger partial charge in [-0.3, -0.25) is 10.1 Å². The van der Waals surface area contributed by atoms with E-state index in [1.807, 2.05) is 0 Å². The highest BCUT2D eigenvalue weighted by molar-refractivity contribution is 8.13. The standard InChI is InChI=1S/C8H7Cl2NO4S/c9-7-2-1-6(3-4-16(10,14)15)8(5-7)11(12)13/h1-2,5H,3-4H2. The Kier molecular flexibility index (Phi) is 4.12. The van der Waals surface area contributed by atoms with Crippen LogP contribution in [0.5, 0.6) is 0 Å². The van der Waals surface area contributed by atoms with E-state index in [0.29, 0.717) is 5.56 Å². The Morgan fingerprint density at radius 3 is 2.50 bits per heavy atom. The zero-order valence-electron chi connectivity index (χ0n) is 7.89. The van der Waals surface area contributed by atoms with E-state index in [0.717, 1.165) is 0 Å². The number of halogens is 2. The molecule has 0 aliphatic heterocycles. The topological polar surface area (TPSA) is 77.3 Å². The van der Waals surface area contributed by atoms with Gasteiger partial charge in [0, 0.05) is 27.3 Å². The molecule has 0 bridgehead atoms. The molecule has 0 aliphatic carbocycles. The molecule has 1 aromatic rings. The molecule has 0 radical (unpaired) electrons. The van der Waals surface area contributed by atoms with Crippen molar-refractivity contribution in [2.75, 3.05) is 5.75 Å². The van der Waals surface area contributed by atoms with Gasteiger partial charge in [0.15, 0.2) is 0 Å². The Morgan fingerprint density at radius 1 is 1.38 bits per heavy atom. The van der Waals surface area contributed by atoms with Gasteiger partial charge in [-0.05, 0) is 12.5 Å². The van der Waals surface area contributed by atoms with Crippen LogP contribution in [-0.4, -0.2) is 19.1 Å². The summed E-state index contributed by atoms with van der Waals surface area (Å²) in [6.45, 7) is 0. The Labute approximate surface area is 102 Å². The SMILES string of the molecule is O=[N+]([O-])c1cc(Cl)ccc1CCS(=O)(=O)Cl. The van der Waals surface area contributed by atoms with Gasteiger partial charge in [0.25, 0.3) is 5.69 Å². The summed E-state index contributed by atoms with van der Waals surface area (Å²) in [6, 6.07) is 4.06. The molecular formula is C8H7Cl2NO4S. The monoisotopic (exact) mass is 283 g/mol. The van der Waals surface area contributed by atoms with Crippen molar-refractivity contribution in [1.29, 1.82) is 0 Å². The molecule has 0 saturated carbocycles. The van der Waals surface area contributed by atoms with Crippen molar-refractivity contribution in [2.24, 2.45) is 0 Å². The van der Waals surface area contributed by atoms with Crippen LogP contribution in [0.15, 0.2) is 18.2 Å². The molecule has 0 aliphatic rings. The minimum Gasteiger partial charge on any atom is -0.258 e. The summed E-state index contributed by atoms with van der Waals surface area (Å²) < 4.78 is 21.4. The molecule has 0 atom stereocenters. The largest absolute Gasteiger partial charge is 0.274 e. The number of benzene rings is 1. The number of hydrogen-bond acceptors (Lipinski definition) is 4. The number of hydrogen-bond donors (Lipinski definition) is 0. The van der Waals surface area contributed by atoms with Crippen molar-refractivity contribution in [2.45, 2.75) is 6.42 Å². The molecule has 0 heterocycles. The Balaban J connectivity index is 3.00. The summed E-state index contributed by atoms with van der Waals surface area (Å²) in [7, 11) is 1.36. The Bertz CT molecular complexity index is 515. The minimum atomic E-state index is -3.66. The predicted molar refractivity (Wildman–Crippen MR) is 61.5 cm³/mol. The third-order valence-corrected chi connectivity index (χ3v) is 3.25. The van der Waals surface area contributed by atoms with Gasteiger partial charge in [0.2, 0.25) is 9.05 Å². The van der Waals surface area contributed by atoms with Crippen LogP contribution in [-0.2, 0) is 15.5 Å². The van der Waals surface area contributed by atoms with Crippen LogP contribution in [0.1, 0.15) is 5.56 Å². The number of nitro benzene ring substituents is 1. The lowest BCUT2D eigenvalue weighted by Gasteiger charge is -2.01. The predicted octanol–water partition coefficient (Wildman–Crippen LogP) is 2.36. The molecule has 1 rings (SSSR count). The lowest BCUT2D eigenvalue weighted by molar-refractivity contribution is -0.385. The van der Waals surface area contributed by atoms with E-state index in [-0.39, 0.29) is 22.9 Å². The van der Waals surface area contributed by atoms with Crippen LogP contribution in [0.4, 0.5) is 5.69 Å². The first-order chi connectivity index (χ1) is 7.29. The second-order valence-electron chi connectivity index (χ2n) is 3.02. The molecule has 0 N–H and O–H groups in total. The van der Waals surface area contributed by atoms with Crippen LogP contribution < -0.4 is 0 Å². The molecular weight excluding hydrogens is 277 g/mol. The minimum absolute atomic E-state index is 0.0146. The Hall–Kier alpha value is -0.850. The van der Waals surface area contributed by atoms with Gasteiger partial charge in [0.1, 0.15) is 0 Å². The molecule has 0 unspecified atom stereocenters. The van der Waals surface area contributed by atoms with Gasteiger partial charge in [0.05, 0.1) is 10.7 Å². The van der Waals surface area contributed by atoms with Crippen molar-refractivity contribution >= 4 is 37.0 Å². The van der Waals surface area contributed by atoms with Gasteiger partial charge >= 0.3 is 0 Å². The fourth-order valence-corrected chi connectivity index (χ4v) is 2.01. The maximum atomic E-state index is 10.7. The van der Waals surface area contributed by atoms with Gasteiger partial charge in [-0.2, -0.15) is 0 Å². The molecule has 0 saturated heterocycles. The molecule has 0 spiro atoms. The highest BCUT2D eigenvalue weighted by atomic mass is 35.7. The van der Waals surface area contributed by atoms with Crippen LogP contribution in [0.25, 0.3) is 0 Å². The molecule has 0 aromatic heterocycles. The molecule has 88 valence electrons. The van der Waals surface area contributed by atoms with E-state index >= 15 is 0 Å². The summed E-state index contributed by atoms with van der Waals surface area (Å²) in [5.74, 6) is -0.350. The van der Waals surface area contributed by atoms with Crippen molar-refractivity contribution in [3.8, 4) is 0 Å². The van der Waals surface area contributed by atoms with Crippen molar-refractivity contribution in [3.63, 3.8) is 0 Å². The average Bonchev–Trinajstić information content (AvgIpc) is 2.14. The van der Waals surface area contributed by atoms with Gasteiger partial charge in [-0.25, -0.2) is 8.42 Å². The van der Waals surface area contributed by atoms with Crippen molar-refractivity contribution in [3.05, 3.63) is 38.9 Å². The zero-order valence-corrected chi connectivity index (χ0v) is 10.2. The van der Waals surface area contributed by atoms with E-state index in [1.165, 1.54) is 18.2 Å². The summed E-state index contributed by atoms with van der Waals surface area (Å²) in [4.78, 5) is 10.1. The number of rotatable bonds is 4. The normalized spacial score (nSPS) is 11.4. The van der Waals surface area contributed by atoms with Crippen LogP contribution in [0.3, 0.4) is 0 Å². The van der Waals surface area contributed by atoms with E-state index in [2.05, 4.69) is 0 Å². The summed E-state index contributed by atoms with van der Waals surface area (Å²) in [5, 5.41) is 10.9. The third-order valence-electron chi connectivity index (χ3n) is 1.86. The molecule has 1 aromatic carbocycles. The van der Waals surface area contributed by atoms with E-state index in [9.17, 15) is 18.5 Å². The second-order valence-corrected chi connectivity index (χ2v) is 6.36. The molecule has 5 nitrogen and oxygen atoms in total. The molecule has 0 amide bonds. The smallest absolute Gasteiger partial charge is 0.258 e. The molecule has 0 fully saturated rings. The van der Waals surface area contributed by atoms with Crippen molar-refractivity contribution in [1.82, 2.24) is 0 Å². The molecule has 8 heteroatoms. The van der Waals surface area contributed by atoms with E-state index in [1.54, 1.807) is 0 Å². The first-order valence-electron chi connectivity index (χ1n) is 4.15. The number of nitro groups is 1. The highest BCUT2D eigenvalue weighted by Gasteiger charge is 2.16. The maximum Gasteiger partial charge on any atom is 0.274 e. The van der Waals surface area contributed by atoms with Crippen LogP contribution in [0, 0.1) is 10.1 Å². The first kappa shape index (κ1) is 13.2. The highest BCUT2D eigenvalue weighted by Crippen LogP contribution is 2.24. The summed E-state index contributed by atoms with van der Waals surface area (Å²) >= 11 is 5.60. The quantitative estimate of drug-likeness (QED) is 0.483. The summed E-state index contributed by atoms with van der Waals surface area (Å²) in [5.41, 5.74) is 0.0893.